The molecule has 0 amide bonds. The SMILES string of the molecule is COC1=CN([C@@H]2C[C@H]3CC[C@@H]2N3)C(c2cccs2)O1. The summed E-state index contributed by atoms with van der Waals surface area (Å²) in [5.74, 6) is 0.626. The topological polar surface area (TPSA) is 33.7 Å². The van der Waals surface area contributed by atoms with Gasteiger partial charge < -0.3 is 19.7 Å². The molecular weight excluding hydrogens is 260 g/mol. The van der Waals surface area contributed by atoms with Crippen molar-refractivity contribution in [3.63, 3.8) is 0 Å². The Morgan fingerprint density at radius 2 is 2.42 bits per heavy atom. The standard InChI is InChI=1S/C14H18N2O2S/c1-17-13-8-16(11-7-9-4-5-10(11)15-9)14(18-13)12-3-2-6-19-12/h2-3,6,8-11,14-15H,4-5,7H2,1H3/t9-,10+,11-,14?/m1/s1. The molecule has 1 unspecified atom stereocenters. The van der Waals surface area contributed by atoms with E-state index in [-0.39, 0.29) is 6.23 Å². The van der Waals surface area contributed by atoms with Gasteiger partial charge in [-0.05, 0) is 30.7 Å². The summed E-state index contributed by atoms with van der Waals surface area (Å²) in [6.07, 6.45) is 5.83. The molecule has 19 heavy (non-hydrogen) atoms. The summed E-state index contributed by atoms with van der Waals surface area (Å²) in [6, 6.07) is 6.03. The molecule has 1 aromatic heterocycles. The second-order valence-corrected chi connectivity index (χ2v) is 6.41. The van der Waals surface area contributed by atoms with Crippen LogP contribution >= 0.6 is 11.3 Å². The van der Waals surface area contributed by atoms with Gasteiger partial charge in [-0.15, -0.1) is 11.3 Å². The third-order valence-corrected chi connectivity index (χ3v) is 5.29. The van der Waals surface area contributed by atoms with Crippen molar-refractivity contribution in [3.8, 4) is 0 Å². The largest absolute Gasteiger partial charge is 0.468 e. The molecule has 0 aromatic carbocycles. The molecule has 2 bridgehead atoms. The van der Waals surface area contributed by atoms with E-state index in [9.17, 15) is 0 Å². The predicted octanol–water partition coefficient (Wildman–Crippen LogP) is 2.42. The molecule has 2 fully saturated rings. The molecule has 0 saturated carbocycles. The van der Waals surface area contributed by atoms with Crippen LogP contribution in [0.5, 0.6) is 0 Å². The highest BCUT2D eigenvalue weighted by Crippen LogP contribution is 2.41. The minimum atomic E-state index is -0.0129. The lowest BCUT2D eigenvalue weighted by molar-refractivity contribution is -0.0293. The van der Waals surface area contributed by atoms with Crippen molar-refractivity contribution in [2.75, 3.05) is 7.11 Å². The van der Waals surface area contributed by atoms with E-state index >= 15 is 0 Å². The Labute approximate surface area is 117 Å². The van der Waals surface area contributed by atoms with Crippen LogP contribution in [0.25, 0.3) is 0 Å². The molecule has 0 aliphatic carbocycles. The number of ether oxygens (including phenoxy) is 2. The van der Waals surface area contributed by atoms with E-state index < -0.39 is 0 Å². The number of methoxy groups -OCH3 is 1. The van der Waals surface area contributed by atoms with E-state index in [1.54, 1.807) is 18.4 Å². The quantitative estimate of drug-likeness (QED) is 0.920. The van der Waals surface area contributed by atoms with Crippen molar-refractivity contribution in [1.29, 1.82) is 0 Å². The molecule has 0 spiro atoms. The van der Waals surface area contributed by atoms with Gasteiger partial charge in [0.05, 0.1) is 18.2 Å². The van der Waals surface area contributed by atoms with E-state index in [0.717, 1.165) is 0 Å². The maximum Gasteiger partial charge on any atom is 0.298 e. The number of nitrogens with one attached hydrogen (secondary N) is 1. The fraction of sp³-hybridized carbons (Fsp3) is 0.571. The van der Waals surface area contributed by atoms with Crippen LogP contribution in [0.2, 0.25) is 0 Å². The Morgan fingerprint density at radius 3 is 3.05 bits per heavy atom. The summed E-state index contributed by atoms with van der Waals surface area (Å²) in [5.41, 5.74) is 0. The van der Waals surface area contributed by atoms with Gasteiger partial charge in [0.25, 0.3) is 5.95 Å². The second-order valence-electron chi connectivity index (χ2n) is 5.44. The number of hydrogen-bond acceptors (Lipinski definition) is 5. The van der Waals surface area contributed by atoms with Crippen LogP contribution in [0, 0.1) is 0 Å². The first-order chi connectivity index (χ1) is 9.35. The van der Waals surface area contributed by atoms with Crippen LogP contribution in [0.1, 0.15) is 30.4 Å². The fourth-order valence-corrected chi connectivity index (χ4v) is 4.28. The average Bonchev–Trinajstić information content (AvgIpc) is 3.19. The minimum Gasteiger partial charge on any atom is -0.468 e. The number of fused-ring (bicyclic) bond motifs is 2. The highest BCUT2D eigenvalue weighted by atomic mass is 32.1. The van der Waals surface area contributed by atoms with Crippen LogP contribution in [0.4, 0.5) is 0 Å². The monoisotopic (exact) mass is 278 g/mol. The molecule has 2 saturated heterocycles. The van der Waals surface area contributed by atoms with Gasteiger partial charge in [0.1, 0.15) is 0 Å². The predicted molar refractivity (Wildman–Crippen MR) is 73.4 cm³/mol. The summed E-state index contributed by atoms with van der Waals surface area (Å²) < 4.78 is 11.2. The highest BCUT2D eigenvalue weighted by molar-refractivity contribution is 7.10. The zero-order valence-electron chi connectivity index (χ0n) is 10.9. The van der Waals surface area contributed by atoms with Crippen molar-refractivity contribution in [2.24, 2.45) is 0 Å². The Kier molecular flexibility index (Phi) is 2.70. The van der Waals surface area contributed by atoms with Crippen molar-refractivity contribution < 1.29 is 9.47 Å². The third-order valence-electron chi connectivity index (χ3n) is 4.39. The molecule has 0 radical (unpaired) electrons. The van der Waals surface area contributed by atoms with Crippen molar-refractivity contribution in [3.05, 3.63) is 34.5 Å². The zero-order valence-corrected chi connectivity index (χ0v) is 11.7. The summed E-state index contributed by atoms with van der Waals surface area (Å²) in [6.45, 7) is 0. The van der Waals surface area contributed by atoms with Crippen LogP contribution in [0.15, 0.2) is 29.7 Å². The van der Waals surface area contributed by atoms with Crippen LogP contribution in [0.3, 0.4) is 0 Å². The lowest BCUT2D eigenvalue weighted by Gasteiger charge is -2.33. The summed E-state index contributed by atoms with van der Waals surface area (Å²) in [5, 5.41) is 5.79. The van der Waals surface area contributed by atoms with Gasteiger partial charge in [0.2, 0.25) is 6.23 Å². The number of hydrogen-bond donors (Lipinski definition) is 1. The smallest absolute Gasteiger partial charge is 0.298 e. The average molecular weight is 278 g/mol. The van der Waals surface area contributed by atoms with E-state index in [4.69, 9.17) is 9.47 Å². The third kappa shape index (κ3) is 1.83. The first-order valence-corrected chi connectivity index (χ1v) is 7.72. The highest BCUT2D eigenvalue weighted by Gasteiger charge is 2.46. The van der Waals surface area contributed by atoms with Crippen LogP contribution in [-0.2, 0) is 9.47 Å². The molecule has 5 heteroatoms. The second kappa shape index (κ2) is 4.42. The molecule has 4 heterocycles. The van der Waals surface area contributed by atoms with E-state index in [1.165, 1.54) is 24.1 Å². The Morgan fingerprint density at radius 1 is 1.47 bits per heavy atom. The molecule has 4 rings (SSSR count). The van der Waals surface area contributed by atoms with Gasteiger partial charge in [-0.1, -0.05) is 6.07 Å². The molecular formula is C14H18N2O2S. The number of thiophene rings is 1. The Hall–Kier alpha value is -1.20. The number of nitrogens with zero attached hydrogens (tertiary/aromatic N) is 1. The van der Waals surface area contributed by atoms with Crippen molar-refractivity contribution in [1.82, 2.24) is 10.2 Å². The normalized spacial score (nSPS) is 36.5. The fourth-order valence-electron chi connectivity index (χ4n) is 3.52. The first-order valence-electron chi connectivity index (χ1n) is 6.84. The van der Waals surface area contributed by atoms with Gasteiger partial charge >= 0.3 is 0 Å². The summed E-state index contributed by atoms with van der Waals surface area (Å²) in [4.78, 5) is 3.59. The molecule has 4 atom stereocenters. The maximum absolute atomic E-state index is 5.94. The summed E-state index contributed by atoms with van der Waals surface area (Å²) >= 11 is 1.74. The Balaban J connectivity index is 1.61. The van der Waals surface area contributed by atoms with E-state index in [1.807, 2.05) is 6.20 Å². The maximum atomic E-state index is 5.94. The Bertz CT molecular complexity index is 488. The van der Waals surface area contributed by atoms with Crippen molar-refractivity contribution >= 4 is 11.3 Å². The van der Waals surface area contributed by atoms with Crippen molar-refractivity contribution in [2.45, 2.75) is 43.6 Å². The van der Waals surface area contributed by atoms with E-state index in [2.05, 4.69) is 27.7 Å². The summed E-state index contributed by atoms with van der Waals surface area (Å²) in [7, 11) is 1.67. The van der Waals surface area contributed by atoms with Gasteiger partial charge in [0, 0.05) is 18.1 Å². The molecule has 1 aromatic rings. The van der Waals surface area contributed by atoms with Gasteiger partial charge in [-0.25, -0.2) is 0 Å². The van der Waals surface area contributed by atoms with Crippen LogP contribution < -0.4 is 5.32 Å². The minimum absolute atomic E-state index is 0.0129. The van der Waals surface area contributed by atoms with Gasteiger partial charge in [-0.3, -0.25) is 0 Å². The molecule has 3 aliphatic heterocycles. The zero-order chi connectivity index (χ0) is 12.8. The van der Waals surface area contributed by atoms with Gasteiger partial charge in [0.15, 0.2) is 0 Å². The first kappa shape index (κ1) is 11.6. The molecule has 4 nitrogen and oxygen atoms in total. The molecule has 1 N–H and O–H groups in total. The van der Waals surface area contributed by atoms with Crippen LogP contribution in [-0.4, -0.2) is 30.1 Å². The molecule has 102 valence electrons. The lowest BCUT2D eigenvalue weighted by atomic mass is 9.94. The molecule has 3 aliphatic rings. The number of rotatable bonds is 3. The lowest BCUT2D eigenvalue weighted by Crippen LogP contribution is -2.40. The van der Waals surface area contributed by atoms with Gasteiger partial charge in [-0.2, -0.15) is 0 Å². The van der Waals surface area contributed by atoms with E-state index in [0.29, 0.717) is 24.1 Å².